The van der Waals surface area contributed by atoms with E-state index in [9.17, 15) is 0 Å². The zero-order chi connectivity index (χ0) is 10.6. The molecule has 0 aromatic heterocycles. The number of hydrogen-bond donors (Lipinski definition) is 1. The fraction of sp³-hybridized carbons (Fsp3) is 0.364. The Morgan fingerprint density at radius 3 is 2.43 bits per heavy atom. The molecule has 0 fully saturated rings. The van der Waals surface area contributed by atoms with Gasteiger partial charge < -0.3 is 5.73 Å². The minimum absolute atomic E-state index is 0.308. The molecule has 0 aliphatic heterocycles. The van der Waals surface area contributed by atoms with E-state index in [0.717, 1.165) is 10.6 Å². The molecule has 0 amide bonds. The Labute approximate surface area is 89.8 Å². The van der Waals surface area contributed by atoms with E-state index in [1.54, 1.807) is 0 Å². The van der Waals surface area contributed by atoms with Gasteiger partial charge in [-0.3, -0.25) is 4.99 Å². The zero-order valence-electron chi connectivity index (χ0n) is 8.50. The molecule has 0 saturated heterocycles. The summed E-state index contributed by atoms with van der Waals surface area (Å²) in [5.41, 5.74) is 6.84. The molecule has 76 valence electrons. The molecule has 2 N–H and O–H groups in total. The van der Waals surface area contributed by atoms with Gasteiger partial charge >= 0.3 is 0 Å². The smallest absolute Gasteiger partial charge is 0.0966 e. The van der Waals surface area contributed by atoms with Gasteiger partial charge in [-0.25, -0.2) is 0 Å². The van der Waals surface area contributed by atoms with Crippen LogP contribution in [-0.4, -0.2) is 5.84 Å². The Balaban J connectivity index is 2.62. The van der Waals surface area contributed by atoms with Crippen LogP contribution in [0.4, 0.5) is 0 Å². The van der Waals surface area contributed by atoms with Crippen molar-refractivity contribution in [3.05, 3.63) is 34.9 Å². The van der Waals surface area contributed by atoms with E-state index >= 15 is 0 Å². The average Bonchev–Trinajstić information content (AvgIpc) is 2.16. The summed E-state index contributed by atoms with van der Waals surface area (Å²) in [7, 11) is 0. The standard InChI is InChI=1S/C11H15ClN2/c1-8(2)11(13)14-7-9-3-5-10(12)6-4-9/h3-6,8H,7H2,1-2H3,(H2,13,14). The fourth-order valence-electron chi connectivity index (χ4n) is 0.955. The van der Waals surface area contributed by atoms with Crippen molar-refractivity contribution in [2.45, 2.75) is 20.4 Å². The van der Waals surface area contributed by atoms with Crippen LogP contribution < -0.4 is 5.73 Å². The maximum Gasteiger partial charge on any atom is 0.0966 e. The minimum Gasteiger partial charge on any atom is -0.387 e. The van der Waals surface area contributed by atoms with Gasteiger partial charge in [0.25, 0.3) is 0 Å². The highest BCUT2D eigenvalue weighted by Gasteiger charge is 1.98. The number of nitrogens with two attached hydrogens (primary N) is 1. The Bertz CT molecular complexity index is 315. The third-order valence-corrected chi connectivity index (χ3v) is 2.20. The summed E-state index contributed by atoms with van der Waals surface area (Å²) in [4.78, 5) is 4.27. The Kier molecular flexibility index (Phi) is 3.96. The van der Waals surface area contributed by atoms with Crippen LogP contribution in [0, 0.1) is 5.92 Å². The lowest BCUT2D eigenvalue weighted by molar-refractivity contribution is 0.855. The Hall–Kier alpha value is -1.02. The maximum absolute atomic E-state index is 5.76. The van der Waals surface area contributed by atoms with Crippen molar-refractivity contribution < 1.29 is 0 Å². The zero-order valence-corrected chi connectivity index (χ0v) is 9.25. The molecule has 0 aliphatic rings. The van der Waals surface area contributed by atoms with Crippen LogP contribution in [-0.2, 0) is 6.54 Å². The van der Waals surface area contributed by atoms with Crippen molar-refractivity contribution in [2.24, 2.45) is 16.6 Å². The fourth-order valence-corrected chi connectivity index (χ4v) is 1.08. The molecule has 1 aromatic rings. The molecule has 0 radical (unpaired) electrons. The minimum atomic E-state index is 0.308. The highest BCUT2D eigenvalue weighted by Crippen LogP contribution is 2.10. The first-order chi connectivity index (χ1) is 6.59. The lowest BCUT2D eigenvalue weighted by atomic mass is 10.2. The SMILES string of the molecule is CC(C)C(N)=NCc1ccc(Cl)cc1. The van der Waals surface area contributed by atoms with Crippen molar-refractivity contribution in [3.63, 3.8) is 0 Å². The maximum atomic E-state index is 5.76. The van der Waals surface area contributed by atoms with Crippen LogP contribution in [0.5, 0.6) is 0 Å². The molecular weight excluding hydrogens is 196 g/mol. The van der Waals surface area contributed by atoms with Crippen LogP contribution in [0.25, 0.3) is 0 Å². The van der Waals surface area contributed by atoms with Crippen LogP contribution in [0.3, 0.4) is 0 Å². The van der Waals surface area contributed by atoms with Crippen molar-refractivity contribution >= 4 is 17.4 Å². The largest absolute Gasteiger partial charge is 0.387 e. The molecule has 0 atom stereocenters. The quantitative estimate of drug-likeness (QED) is 0.605. The summed E-state index contributed by atoms with van der Waals surface area (Å²) >= 11 is 5.76. The number of benzene rings is 1. The number of rotatable bonds is 3. The van der Waals surface area contributed by atoms with Crippen LogP contribution >= 0.6 is 11.6 Å². The van der Waals surface area contributed by atoms with Crippen molar-refractivity contribution in [1.29, 1.82) is 0 Å². The van der Waals surface area contributed by atoms with Gasteiger partial charge in [-0.1, -0.05) is 37.6 Å². The molecule has 1 rings (SSSR count). The second-order valence-corrected chi connectivity index (χ2v) is 3.96. The first-order valence-electron chi connectivity index (χ1n) is 4.64. The Morgan fingerprint density at radius 1 is 1.36 bits per heavy atom. The monoisotopic (exact) mass is 210 g/mol. The second-order valence-electron chi connectivity index (χ2n) is 3.52. The van der Waals surface area contributed by atoms with Gasteiger partial charge in [0.1, 0.15) is 0 Å². The third-order valence-electron chi connectivity index (χ3n) is 1.95. The van der Waals surface area contributed by atoms with Gasteiger partial charge in [-0.2, -0.15) is 0 Å². The summed E-state index contributed by atoms with van der Waals surface area (Å²) in [6.45, 7) is 4.68. The lowest BCUT2D eigenvalue weighted by Gasteiger charge is -2.03. The van der Waals surface area contributed by atoms with Crippen LogP contribution in [0.1, 0.15) is 19.4 Å². The Morgan fingerprint density at radius 2 is 1.93 bits per heavy atom. The predicted octanol–water partition coefficient (Wildman–Crippen LogP) is 2.85. The summed E-state index contributed by atoms with van der Waals surface area (Å²) in [5.74, 6) is 1.00. The molecule has 1 aromatic carbocycles. The summed E-state index contributed by atoms with van der Waals surface area (Å²) in [5, 5.41) is 0.745. The van der Waals surface area contributed by atoms with Gasteiger partial charge in [-0.15, -0.1) is 0 Å². The summed E-state index contributed by atoms with van der Waals surface area (Å²) in [6, 6.07) is 7.63. The van der Waals surface area contributed by atoms with Crippen molar-refractivity contribution in [1.82, 2.24) is 0 Å². The number of hydrogen-bond acceptors (Lipinski definition) is 1. The van der Waals surface area contributed by atoms with Gasteiger partial charge in [-0.05, 0) is 17.7 Å². The predicted molar refractivity (Wildman–Crippen MR) is 61.6 cm³/mol. The molecule has 0 bridgehead atoms. The first kappa shape index (κ1) is 11.1. The average molecular weight is 211 g/mol. The number of aliphatic imine (C=N–C) groups is 1. The van der Waals surface area contributed by atoms with Crippen LogP contribution in [0.2, 0.25) is 5.02 Å². The molecule has 0 spiro atoms. The van der Waals surface area contributed by atoms with Crippen LogP contribution in [0.15, 0.2) is 29.3 Å². The molecule has 2 nitrogen and oxygen atoms in total. The van der Waals surface area contributed by atoms with Gasteiger partial charge in [0.2, 0.25) is 0 Å². The van der Waals surface area contributed by atoms with Gasteiger partial charge in [0.05, 0.1) is 12.4 Å². The second kappa shape index (κ2) is 5.01. The highest BCUT2D eigenvalue weighted by atomic mass is 35.5. The number of halogens is 1. The van der Waals surface area contributed by atoms with E-state index in [0.29, 0.717) is 18.3 Å². The summed E-state index contributed by atoms with van der Waals surface area (Å²) in [6.07, 6.45) is 0. The van der Waals surface area contributed by atoms with E-state index in [-0.39, 0.29) is 0 Å². The lowest BCUT2D eigenvalue weighted by Crippen LogP contribution is -2.18. The van der Waals surface area contributed by atoms with E-state index < -0.39 is 0 Å². The molecule has 0 aliphatic carbocycles. The van der Waals surface area contributed by atoms with Gasteiger partial charge in [0, 0.05) is 10.9 Å². The number of amidine groups is 1. The highest BCUT2D eigenvalue weighted by molar-refractivity contribution is 6.30. The van der Waals surface area contributed by atoms with E-state index in [4.69, 9.17) is 17.3 Å². The molecule has 0 unspecified atom stereocenters. The molecule has 0 saturated carbocycles. The first-order valence-corrected chi connectivity index (χ1v) is 5.01. The molecule has 14 heavy (non-hydrogen) atoms. The van der Waals surface area contributed by atoms with Gasteiger partial charge in [0.15, 0.2) is 0 Å². The van der Waals surface area contributed by atoms with Crippen molar-refractivity contribution in [2.75, 3.05) is 0 Å². The topological polar surface area (TPSA) is 38.4 Å². The third kappa shape index (κ3) is 3.38. The normalized spacial score (nSPS) is 12.1. The van der Waals surface area contributed by atoms with E-state index in [2.05, 4.69) is 4.99 Å². The van der Waals surface area contributed by atoms with E-state index in [1.165, 1.54) is 0 Å². The molecular formula is C11H15ClN2. The molecule has 3 heteroatoms. The van der Waals surface area contributed by atoms with E-state index in [1.807, 2.05) is 38.1 Å². The number of nitrogens with zero attached hydrogens (tertiary/aromatic N) is 1. The summed E-state index contributed by atoms with van der Waals surface area (Å²) < 4.78 is 0. The van der Waals surface area contributed by atoms with Crippen molar-refractivity contribution in [3.8, 4) is 0 Å². The molecule has 0 heterocycles.